The maximum Gasteiger partial charge on any atom is 0.251 e. The molecule has 0 heterocycles. The standard InChI is InChI=1S/C25H26N2O3/c1-2-27(18-20-9-5-3-6-10-20)24(28)17-26-25(29)22-13-15-23(16-14-22)30-19-21-11-7-4-8-12-21/h3-16H,2,17-19H2,1H3,(H,26,29). The summed E-state index contributed by atoms with van der Waals surface area (Å²) in [5.41, 5.74) is 2.62. The summed E-state index contributed by atoms with van der Waals surface area (Å²) < 4.78 is 5.74. The first kappa shape index (κ1) is 21.1. The molecule has 0 radical (unpaired) electrons. The Kier molecular flexibility index (Phi) is 7.61. The number of ether oxygens (including phenoxy) is 1. The number of carbonyl (C=O) groups is 2. The van der Waals surface area contributed by atoms with Gasteiger partial charge in [-0.25, -0.2) is 0 Å². The van der Waals surface area contributed by atoms with Gasteiger partial charge in [-0.3, -0.25) is 9.59 Å². The Labute approximate surface area is 177 Å². The highest BCUT2D eigenvalue weighted by atomic mass is 16.5. The third kappa shape index (κ3) is 6.21. The number of likely N-dealkylation sites (N-methyl/N-ethyl adjacent to an activating group) is 1. The maximum atomic E-state index is 12.5. The van der Waals surface area contributed by atoms with Crippen molar-refractivity contribution < 1.29 is 14.3 Å². The Bertz CT molecular complexity index is 941. The van der Waals surface area contributed by atoms with Crippen LogP contribution < -0.4 is 10.1 Å². The number of rotatable bonds is 9. The minimum Gasteiger partial charge on any atom is -0.489 e. The molecule has 0 saturated carbocycles. The van der Waals surface area contributed by atoms with Crippen molar-refractivity contribution in [3.05, 3.63) is 102 Å². The van der Waals surface area contributed by atoms with Gasteiger partial charge in [0.15, 0.2) is 0 Å². The van der Waals surface area contributed by atoms with Gasteiger partial charge in [0.05, 0.1) is 6.54 Å². The van der Waals surface area contributed by atoms with E-state index in [9.17, 15) is 9.59 Å². The number of benzene rings is 3. The van der Waals surface area contributed by atoms with Crippen LogP contribution in [-0.2, 0) is 17.9 Å². The van der Waals surface area contributed by atoms with Gasteiger partial charge in [-0.05, 0) is 42.3 Å². The number of carbonyl (C=O) groups excluding carboxylic acids is 2. The van der Waals surface area contributed by atoms with Crippen LogP contribution in [0.25, 0.3) is 0 Å². The predicted molar refractivity (Wildman–Crippen MR) is 117 cm³/mol. The van der Waals surface area contributed by atoms with Crippen molar-refractivity contribution in [3.8, 4) is 5.75 Å². The molecule has 0 saturated heterocycles. The topological polar surface area (TPSA) is 58.6 Å². The Morgan fingerprint density at radius 2 is 1.43 bits per heavy atom. The first-order valence-electron chi connectivity index (χ1n) is 10.0. The Morgan fingerprint density at radius 1 is 0.833 bits per heavy atom. The third-order valence-electron chi connectivity index (χ3n) is 4.72. The summed E-state index contributed by atoms with van der Waals surface area (Å²) in [5.74, 6) is 0.290. The second kappa shape index (κ2) is 10.8. The summed E-state index contributed by atoms with van der Waals surface area (Å²) in [6.45, 7) is 3.47. The number of nitrogens with zero attached hydrogens (tertiary/aromatic N) is 1. The molecule has 0 bridgehead atoms. The van der Waals surface area contributed by atoms with Crippen LogP contribution in [0.5, 0.6) is 5.75 Å². The smallest absolute Gasteiger partial charge is 0.251 e. The molecule has 3 rings (SSSR count). The van der Waals surface area contributed by atoms with E-state index in [4.69, 9.17) is 4.74 Å². The molecule has 0 spiro atoms. The van der Waals surface area contributed by atoms with Crippen molar-refractivity contribution in [2.75, 3.05) is 13.1 Å². The molecular formula is C25H26N2O3. The van der Waals surface area contributed by atoms with Crippen LogP contribution in [0.1, 0.15) is 28.4 Å². The molecule has 154 valence electrons. The number of amides is 2. The molecule has 0 unspecified atom stereocenters. The summed E-state index contributed by atoms with van der Waals surface area (Å²) >= 11 is 0. The van der Waals surface area contributed by atoms with Gasteiger partial charge in [0.25, 0.3) is 5.91 Å². The quantitative estimate of drug-likeness (QED) is 0.588. The third-order valence-corrected chi connectivity index (χ3v) is 4.72. The van der Waals surface area contributed by atoms with E-state index < -0.39 is 0 Å². The Morgan fingerprint density at radius 3 is 2.03 bits per heavy atom. The fraction of sp³-hybridized carbons (Fsp3) is 0.200. The van der Waals surface area contributed by atoms with Crippen LogP contribution in [-0.4, -0.2) is 29.8 Å². The molecule has 3 aromatic carbocycles. The molecule has 5 heteroatoms. The van der Waals surface area contributed by atoms with Gasteiger partial charge >= 0.3 is 0 Å². The number of hydrogen-bond donors (Lipinski definition) is 1. The van der Waals surface area contributed by atoms with Gasteiger partial charge in [0.1, 0.15) is 12.4 Å². The lowest BCUT2D eigenvalue weighted by atomic mass is 10.2. The zero-order chi connectivity index (χ0) is 21.2. The van der Waals surface area contributed by atoms with Crippen LogP contribution in [0.15, 0.2) is 84.9 Å². The summed E-state index contributed by atoms with van der Waals surface area (Å²) in [4.78, 5) is 26.6. The van der Waals surface area contributed by atoms with E-state index in [2.05, 4.69) is 5.32 Å². The summed E-state index contributed by atoms with van der Waals surface area (Å²) in [5, 5.41) is 2.71. The first-order valence-corrected chi connectivity index (χ1v) is 10.0. The number of hydrogen-bond acceptors (Lipinski definition) is 3. The van der Waals surface area contributed by atoms with Gasteiger partial charge in [0.2, 0.25) is 5.91 Å². The lowest BCUT2D eigenvalue weighted by Gasteiger charge is -2.21. The lowest BCUT2D eigenvalue weighted by Crippen LogP contribution is -2.39. The molecule has 0 aromatic heterocycles. The Hall–Kier alpha value is -3.60. The molecule has 0 aliphatic rings. The van der Waals surface area contributed by atoms with Gasteiger partial charge < -0.3 is 15.0 Å². The molecule has 30 heavy (non-hydrogen) atoms. The van der Waals surface area contributed by atoms with E-state index in [1.54, 1.807) is 29.2 Å². The molecule has 0 aliphatic carbocycles. The number of nitrogens with one attached hydrogen (secondary N) is 1. The monoisotopic (exact) mass is 402 g/mol. The normalized spacial score (nSPS) is 10.3. The first-order chi connectivity index (χ1) is 14.7. The second-order valence-electron chi connectivity index (χ2n) is 6.87. The van der Waals surface area contributed by atoms with Crippen molar-refractivity contribution in [2.24, 2.45) is 0 Å². The van der Waals surface area contributed by atoms with E-state index in [0.717, 1.165) is 11.1 Å². The van der Waals surface area contributed by atoms with Crippen molar-refractivity contribution in [2.45, 2.75) is 20.1 Å². The highest BCUT2D eigenvalue weighted by Crippen LogP contribution is 2.14. The van der Waals surface area contributed by atoms with E-state index >= 15 is 0 Å². The van der Waals surface area contributed by atoms with Gasteiger partial charge in [-0.2, -0.15) is 0 Å². The molecular weight excluding hydrogens is 376 g/mol. The van der Waals surface area contributed by atoms with Crippen molar-refractivity contribution in [3.63, 3.8) is 0 Å². The van der Waals surface area contributed by atoms with Crippen molar-refractivity contribution in [1.29, 1.82) is 0 Å². The van der Waals surface area contributed by atoms with Crippen LogP contribution in [0.2, 0.25) is 0 Å². The van der Waals surface area contributed by atoms with Crippen LogP contribution in [0.3, 0.4) is 0 Å². The van der Waals surface area contributed by atoms with E-state index in [-0.39, 0.29) is 18.4 Å². The minimum absolute atomic E-state index is 0.0359. The van der Waals surface area contributed by atoms with E-state index in [1.165, 1.54) is 0 Å². The maximum absolute atomic E-state index is 12.5. The molecule has 5 nitrogen and oxygen atoms in total. The fourth-order valence-corrected chi connectivity index (χ4v) is 2.99. The molecule has 0 atom stereocenters. The van der Waals surface area contributed by atoms with E-state index in [1.807, 2.05) is 67.6 Å². The highest BCUT2D eigenvalue weighted by molar-refractivity contribution is 5.96. The van der Waals surface area contributed by atoms with Gasteiger partial charge in [-0.15, -0.1) is 0 Å². The summed E-state index contributed by atoms with van der Waals surface area (Å²) in [6, 6.07) is 26.6. The van der Waals surface area contributed by atoms with Crippen LogP contribution >= 0.6 is 0 Å². The summed E-state index contributed by atoms with van der Waals surface area (Å²) in [6.07, 6.45) is 0. The average Bonchev–Trinajstić information content (AvgIpc) is 2.81. The van der Waals surface area contributed by atoms with Crippen LogP contribution in [0, 0.1) is 0 Å². The van der Waals surface area contributed by atoms with Gasteiger partial charge in [-0.1, -0.05) is 60.7 Å². The Balaban J connectivity index is 1.48. The molecule has 3 aromatic rings. The van der Waals surface area contributed by atoms with Crippen molar-refractivity contribution in [1.82, 2.24) is 10.2 Å². The average molecular weight is 402 g/mol. The lowest BCUT2D eigenvalue weighted by molar-refractivity contribution is -0.130. The van der Waals surface area contributed by atoms with E-state index in [0.29, 0.717) is 31.0 Å². The minimum atomic E-state index is -0.284. The second-order valence-corrected chi connectivity index (χ2v) is 6.87. The zero-order valence-corrected chi connectivity index (χ0v) is 17.1. The van der Waals surface area contributed by atoms with Gasteiger partial charge in [0, 0.05) is 18.7 Å². The highest BCUT2D eigenvalue weighted by Gasteiger charge is 2.14. The van der Waals surface area contributed by atoms with Crippen LogP contribution in [0.4, 0.5) is 0 Å². The zero-order valence-electron chi connectivity index (χ0n) is 17.1. The molecule has 0 aliphatic heterocycles. The predicted octanol–water partition coefficient (Wildman–Crippen LogP) is 4.04. The SMILES string of the molecule is CCN(Cc1ccccc1)C(=O)CNC(=O)c1ccc(OCc2ccccc2)cc1. The molecule has 2 amide bonds. The fourth-order valence-electron chi connectivity index (χ4n) is 2.99. The molecule has 1 N–H and O–H groups in total. The summed E-state index contributed by atoms with van der Waals surface area (Å²) in [7, 11) is 0. The largest absolute Gasteiger partial charge is 0.489 e. The molecule has 0 fully saturated rings. The van der Waals surface area contributed by atoms with Crippen molar-refractivity contribution >= 4 is 11.8 Å².